The number of nitrogens with zero attached hydrogens (tertiary/aromatic N) is 4. The number of para-hydroxylation sites is 2. The van der Waals surface area contributed by atoms with E-state index in [2.05, 4.69) is 20.2 Å². The van der Waals surface area contributed by atoms with Crippen molar-refractivity contribution >= 4 is 23.3 Å². The molecule has 2 aromatic heterocycles. The number of nitrogens with one attached hydrogen (secondary N) is 1. The highest BCUT2D eigenvalue weighted by atomic mass is 16.5. The average molecular weight is 568 g/mol. The van der Waals surface area contributed by atoms with E-state index in [0.717, 1.165) is 59.2 Å². The second-order valence-corrected chi connectivity index (χ2v) is 11.1. The van der Waals surface area contributed by atoms with Crippen molar-refractivity contribution < 1.29 is 19.4 Å². The van der Waals surface area contributed by atoms with Crippen LogP contribution in [-0.4, -0.2) is 51.8 Å². The van der Waals surface area contributed by atoms with E-state index in [1.807, 2.05) is 67.6 Å². The Bertz CT molecular complexity index is 1510. The molecule has 0 saturated carbocycles. The molecule has 0 amide bonds. The zero-order chi connectivity index (χ0) is 29.5. The van der Waals surface area contributed by atoms with Gasteiger partial charge in [-0.3, -0.25) is 14.8 Å². The van der Waals surface area contributed by atoms with Crippen LogP contribution in [0.15, 0.2) is 79.3 Å². The van der Waals surface area contributed by atoms with Gasteiger partial charge in [-0.15, -0.1) is 0 Å². The molecule has 5 rings (SSSR count). The molecule has 42 heavy (non-hydrogen) atoms. The molecule has 0 radical (unpaired) electrons. The zero-order valence-electron chi connectivity index (χ0n) is 24.3. The lowest BCUT2D eigenvalue weighted by Gasteiger charge is -2.33. The van der Waals surface area contributed by atoms with Crippen LogP contribution in [0.5, 0.6) is 11.5 Å². The van der Waals surface area contributed by atoms with E-state index in [0.29, 0.717) is 25.4 Å². The normalized spacial score (nSPS) is 15.2. The van der Waals surface area contributed by atoms with Crippen LogP contribution in [0.3, 0.4) is 0 Å². The summed E-state index contributed by atoms with van der Waals surface area (Å²) in [7, 11) is 0. The Morgan fingerprint density at radius 2 is 1.90 bits per heavy atom. The molecule has 1 unspecified atom stereocenters. The van der Waals surface area contributed by atoms with E-state index in [9.17, 15) is 9.90 Å². The largest absolute Gasteiger partial charge is 0.490 e. The van der Waals surface area contributed by atoms with Crippen molar-refractivity contribution in [2.24, 2.45) is 5.41 Å². The Morgan fingerprint density at radius 3 is 2.67 bits per heavy atom. The molecule has 1 aliphatic rings. The Labute approximate surface area is 246 Å². The lowest BCUT2D eigenvalue weighted by Crippen LogP contribution is -2.41. The average Bonchev–Trinajstić information content (AvgIpc) is 2.99. The predicted octanol–water partition coefficient (Wildman–Crippen LogP) is 6.38. The smallest absolute Gasteiger partial charge is 0.309 e. The van der Waals surface area contributed by atoms with Crippen LogP contribution in [0.4, 0.5) is 17.3 Å². The Balaban J connectivity index is 1.23. The van der Waals surface area contributed by atoms with Gasteiger partial charge in [-0.05, 0) is 75.9 Å². The number of rotatable bonds is 11. The van der Waals surface area contributed by atoms with Gasteiger partial charge in [0.25, 0.3) is 0 Å². The van der Waals surface area contributed by atoms with Gasteiger partial charge in [0.1, 0.15) is 11.9 Å². The van der Waals surface area contributed by atoms with Gasteiger partial charge in [0.15, 0.2) is 17.3 Å². The molecular formula is C33H37N5O4. The lowest BCUT2D eigenvalue weighted by atomic mass is 9.85. The van der Waals surface area contributed by atoms with E-state index < -0.39 is 11.4 Å². The second kappa shape index (κ2) is 12.9. The number of benzene rings is 2. The van der Waals surface area contributed by atoms with Gasteiger partial charge >= 0.3 is 5.97 Å². The molecule has 0 bridgehead atoms. The number of aliphatic carboxylic acids is 1. The summed E-state index contributed by atoms with van der Waals surface area (Å²) in [6.45, 7) is 7.61. The molecule has 1 aliphatic heterocycles. The molecule has 4 aromatic rings. The first kappa shape index (κ1) is 28.9. The summed E-state index contributed by atoms with van der Waals surface area (Å²) in [5, 5.41) is 12.8. The van der Waals surface area contributed by atoms with E-state index >= 15 is 0 Å². The number of anilines is 3. The third-order valence-electron chi connectivity index (χ3n) is 7.25. The molecule has 0 spiro atoms. The van der Waals surface area contributed by atoms with Crippen molar-refractivity contribution in [2.45, 2.75) is 46.1 Å². The standard InChI is InChI=1S/C33H37N5O4/c1-4-41-28-12-5-6-13-29(28)42-26-11-8-16-38(22-26)31-21-34-20-30(37-31)36-25-14-15-27(35-19-25)24-10-7-9-23(17-24)18-33(2,3)32(39)40/h5-7,9-10,12-15,17,19-21,26H,4,8,11,16,18,22H2,1-3H3,(H,36,37)(H,39,40). The highest BCUT2D eigenvalue weighted by Crippen LogP contribution is 2.30. The van der Waals surface area contributed by atoms with Gasteiger partial charge in [0.2, 0.25) is 0 Å². The fourth-order valence-electron chi connectivity index (χ4n) is 5.03. The van der Waals surface area contributed by atoms with Gasteiger partial charge in [-0.25, -0.2) is 4.98 Å². The number of pyridine rings is 1. The highest BCUT2D eigenvalue weighted by molar-refractivity contribution is 5.74. The highest BCUT2D eigenvalue weighted by Gasteiger charge is 2.27. The van der Waals surface area contributed by atoms with Crippen LogP contribution >= 0.6 is 0 Å². The minimum absolute atomic E-state index is 0.0178. The Kier molecular flexibility index (Phi) is 8.85. The fraction of sp³-hybridized carbons (Fsp3) is 0.333. The minimum atomic E-state index is -0.841. The topological polar surface area (TPSA) is 110 Å². The molecule has 2 aromatic carbocycles. The number of hydrogen-bond donors (Lipinski definition) is 2. The van der Waals surface area contributed by atoms with Crippen LogP contribution in [-0.2, 0) is 11.2 Å². The molecule has 1 saturated heterocycles. The number of aromatic nitrogens is 3. The number of carboxylic acid groups (broad SMARTS) is 1. The van der Waals surface area contributed by atoms with E-state index in [-0.39, 0.29) is 6.10 Å². The van der Waals surface area contributed by atoms with Gasteiger partial charge < -0.3 is 24.8 Å². The summed E-state index contributed by atoms with van der Waals surface area (Å²) in [4.78, 5) is 27.6. The lowest BCUT2D eigenvalue weighted by molar-refractivity contribution is -0.146. The zero-order valence-corrected chi connectivity index (χ0v) is 24.3. The maximum absolute atomic E-state index is 11.6. The van der Waals surface area contributed by atoms with E-state index in [4.69, 9.17) is 14.5 Å². The molecule has 218 valence electrons. The van der Waals surface area contributed by atoms with Crippen LogP contribution in [0.2, 0.25) is 0 Å². The number of carboxylic acids is 1. The van der Waals surface area contributed by atoms with Crippen molar-refractivity contribution in [1.29, 1.82) is 0 Å². The quantitative estimate of drug-likeness (QED) is 0.213. The predicted molar refractivity (Wildman–Crippen MR) is 164 cm³/mol. The second-order valence-electron chi connectivity index (χ2n) is 11.1. The number of carbonyl (C=O) groups is 1. The summed E-state index contributed by atoms with van der Waals surface area (Å²) in [5.74, 6) is 2.13. The molecule has 3 heterocycles. The van der Waals surface area contributed by atoms with Gasteiger partial charge in [0.05, 0.1) is 48.5 Å². The van der Waals surface area contributed by atoms with Crippen LogP contribution in [0.1, 0.15) is 39.2 Å². The number of ether oxygens (including phenoxy) is 2. The monoisotopic (exact) mass is 567 g/mol. The summed E-state index contributed by atoms with van der Waals surface area (Å²) in [6, 6.07) is 19.5. The molecule has 1 fully saturated rings. The first-order valence-corrected chi connectivity index (χ1v) is 14.3. The van der Waals surface area contributed by atoms with Crippen molar-refractivity contribution in [1.82, 2.24) is 15.0 Å². The molecule has 9 nitrogen and oxygen atoms in total. The summed E-state index contributed by atoms with van der Waals surface area (Å²) in [5.41, 5.74) is 2.65. The van der Waals surface area contributed by atoms with Crippen molar-refractivity contribution in [3.63, 3.8) is 0 Å². The van der Waals surface area contributed by atoms with Crippen LogP contribution in [0.25, 0.3) is 11.3 Å². The third-order valence-corrected chi connectivity index (χ3v) is 7.25. The third kappa shape index (κ3) is 7.15. The van der Waals surface area contributed by atoms with Crippen molar-refractivity contribution in [3.05, 3.63) is 84.8 Å². The van der Waals surface area contributed by atoms with Gasteiger partial charge in [0, 0.05) is 12.1 Å². The first-order chi connectivity index (χ1) is 20.3. The van der Waals surface area contributed by atoms with E-state index in [1.165, 1.54) is 0 Å². The summed E-state index contributed by atoms with van der Waals surface area (Å²) in [6.07, 6.45) is 7.64. The molecular weight excluding hydrogens is 530 g/mol. The minimum Gasteiger partial charge on any atom is -0.490 e. The molecule has 9 heteroatoms. The summed E-state index contributed by atoms with van der Waals surface area (Å²) < 4.78 is 12.1. The van der Waals surface area contributed by atoms with Gasteiger partial charge in [-0.2, -0.15) is 0 Å². The molecule has 1 atom stereocenters. The van der Waals surface area contributed by atoms with Crippen molar-refractivity contribution in [2.75, 3.05) is 29.9 Å². The summed E-state index contributed by atoms with van der Waals surface area (Å²) >= 11 is 0. The van der Waals surface area contributed by atoms with Gasteiger partial charge in [-0.1, -0.05) is 30.3 Å². The van der Waals surface area contributed by atoms with Crippen LogP contribution in [0, 0.1) is 5.41 Å². The SMILES string of the molecule is CCOc1ccccc1OC1CCCN(c2cncc(Nc3ccc(-c4cccc(CC(C)(C)C(=O)O)c4)nc3)n2)C1. The van der Waals surface area contributed by atoms with Crippen LogP contribution < -0.4 is 19.7 Å². The molecule has 2 N–H and O–H groups in total. The first-order valence-electron chi connectivity index (χ1n) is 14.3. The van der Waals surface area contributed by atoms with E-state index in [1.54, 1.807) is 32.4 Å². The Hall–Kier alpha value is -4.66. The maximum Gasteiger partial charge on any atom is 0.309 e. The maximum atomic E-state index is 11.6. The fourth-order valence-corrected chi connectivity index (χ4v) is 5.03. The number of hydrogen-bond acceptors (Lipinski definition) is 8. The molecule has 0 aliphatic carbocycles. The Morgan fingerprint density at radius 1 is 1.07 bits per heavy atom. The van der Waals surface area contributed by atoms with Crippen molar-refractivity contribution in [3.8, 4) is 22.8 Å². The number of piperidine rings is 1.